The molecule has 286 valence electrons. The number of esters is 1. The van der Waals surface area contributed by atoms with Gasteiger partial charge < -0.3 is 56.8 Å². The van der Waals surface area contributed by atoms with Crippen molar-refractivity contribution in [2.45, 2.75) is 58.3 Å². The van der Waals surface area contributed by atoms with Crippen LogP contribution in [0.15, 0.2) is 12.7 Å². The predicted octanol–water partition coefficient (Wildman–Crippen LogP) is 4.04. The van der Waals surface area contributed by atoms with Gasteiger partial charge in [0.25, 0.3) is 0 Å². The molecule has 0 aromatic heterocycles. The van der Waals surface area contributed by atoms with Crippen molar-refractivity contribution in [1.82, 2.24) is 0 Å². The van der Waals surface area contributed by atoms with Gasteiger partial charge in [0.1, 0.15) is 6.61 Å². The van der Waals surface area contributed by atoms with Gasteiger partial charge in [-0.25, -0.2) is 0 Å². The Kier molecular flexibility index (Phi) is 42.7. The number of hydrogen-bond acceptors (Lipinski definition) is 13. The molecule has 0 aromatic carbocycles. The molecule has 13 nitrogen and oxygen atoms in total. The molecule has 0 fully saturated rings. The number of ether oxygens (including phenoxy) is 12. The average Bonchev–Trinajstić information content (AvgIpc) is 3.09. The largest absolute Gasteiger partial charge is 0.463 e. The zero-order chi connectivity index (χ0) is 34.7. The first-order chi connectivity index (χ1) is 23.8. The van der Waals surface area contributed by atoms with Gasteiger partial charge in [0.2, 0.25) is 0 Å². The molecule has 0 saturated carbocycles. The van der Waals surface area contributed by atoms with Crippen molar-refractivity contribution < 1.29 is 61.6 Å². The molecule has 0 aliphatic heterocycles. The van der Waals surface area contributed by atoms with Gasteiger partial charge >= 0.3 is 5.97 Å². The lowest BCUT2D eigenvalue weighted by atomic mass is 10.1. The number of rotatable bonds is 43. The standard InChI is InChI=1S/C35H68O13/c1-3-5-6-7-8-9-10-11-35(36)48-34-33-47-32-31-46-30-29-45-28-27-44-26-25-43-24-23-42-22-21-41-20-19-40-18-17-39-16-15-38-14-13-37-12-4-2/h4H,2-3,5-34H2,1H3. The van der Waals surface area contributed by atoms with Gasteiger partial charge in [0, 0.05) is 6.42 Å². The monoisotopic (exact) mass is 696 g/mol. The summed E-state index contributed by atoms with van der Waals surface area (Å²) in [5.41, 5.74) is 0. The third kappa shape index (κ3) is 42.8. The van der Waals surface area contributed by atoms with Crippen molar-refractivity contribution in [2.24, 2.45) is 0 Å². The van der Waals surface area contributed by atoms with E-state index in [4.69, 9.17) is 56.8 Å². The number of carbonyl (C=O) groups is 1. The van der Waals surface area contributed by atoms with E-state index in [1.807, 2.05) is 0 Å². The van der Waals surface area contributed by atoms with Crippen molar-refractivity contribution in [3.8, 4) is 0 Å². The molecular weight excluding hydrogens is 628 g/mol. The van der Waals surface area contributed by atoms with E-state index >= 15 is 0 Å². The topological polar surface area (TPSA) is 128 Å². The van der Waals surface area contributed by atoms with Crippen LogP contribution in [0, 0.1) is 0 Å². The lowest BCUT2D eigenvalue weighted by Crippen LogP contribution is -2.15. The van der Waals surface area contributed by atoms with Gasteiger partial charge in [-0.15, -0.1) is 6.58 Å². The van der Waals surface area contributed by atoms with Crippen LogP contribution in [0.3, 0.4) is 0 Å². The van der Waals surface area contributed by atoms with E-state index in [0.717, 1.165) is 12.8 Å². The zero-order valence-corrected chi connectivity index (χ0v) is 30.0. The minimum Gasteiger partial charge on any atom is -0.463 e. The SMILES string of the molecule is C=CCOCCOCCOCCOCCOCCOCCOCCOCCOCCOCCOCCOC(=O)CCCCCCCCC. The number of carbonyl (C=O) groups excluding carboxylic acids is 1. The van der Waals surface area contributed by atoms with Crippen LogP contribution in [0.2, 0.25) is 0 Å². The molecule has 0 N–H and O–H groups in total. The summed E-state index contributed by atoms with van der Waals surface area (Å²) in [6.45, 7) is 17.2. The summed E-state index contributed by atoms with van der Waals surface area (Å²) in [6, 6.07) is 0. The minimum atomic E-state index is -0.141. The highest BCUT2D eigenvalue weighted by Gasteiger charge is 2.03. The summed E-state index contributed by atoms with van der Waals surface area (Å²) >= 11 is 0. The summed E-state index contributed by atoms with van der Waals surface area (Å²) in [5.74, 6) is -0.141. The molecule has 0 bridgehead atoms. The average molecular weight is 697 g/mol. The third-order valence-electron chi connectivity index (χ3n) is 6.43. The smallest absolute Gasteiger partial charge is 0.305 e. The van der Waals surface area contributed by atoms with E-state index in [1.165, 1.54) is 32.1 Å². The fourth-order valence-corrected chi connectivity index (χ4v) is 3.88. The first-order valence-corrected chi connectivity index (χ1v) is 17.9. The molecule has 0 spiro atoms. The molecular formula is C35H68O13. The molecule has 0 aliphatic rings. The Morgan fingerprint density at radius 1 is 0.396 bits per heavy atom. The summed E-state index contributed by atoms with van der Waals surface area (Å²) < 4.78 is 64.9. The van der Waals surface area contributed by atoms with Gasteiger partial charge in [-0.3, -0.25) is 4.79 Å². The van der Waals surface area contributed by atoms with Crippen LogP contribution in [0.25, 0.3) is 0 Å². The predicted molar refractivity (Wildman–Crippen MR) is 183 cm³/mol. The van der Waals surface area contributed by atoms with E-state index in [2.05, 4.69) is 13.5 Å². The van der Waals surface area contributed by atoms with Gasteiger partial charge in [-0.1, -0.05) is 51.5 Å². The van der Waals surface area contributed by atoms with Crippen LogP contribution >= 0.6 is 0 Å². The highest BCUT2D eigenvalue weighted by Crippen LogP contribution is 2.08. The Bertz CT molecular complexity index is 627. The normalized spacial score (nSPS) is 11.4. The van der Waals surface area contributed by atoms with Crippen molar-refractivity contribution in [3.05, 3.63) is 12.7 Å². The van der Waals surface area contributed by atoms with Crippen LogP contribution < -0.4 is 0 Å². The van der Waals surface area contributed by atoms with Crippen LogP contribution in [0.1, 0.15) is 58.3 Å². The molecule has 0 heterocycles. The van der Waals surface area contributed by atoms with Gasteiger partial charge in [0.05, 0.1) is 145 Å². The second-order valence-corrected chi connectivity index (χ2v) is 10.6. The Hall–Kier alpha value is -1.23. The molecule has 0 atom stereocenters. The second kappa shape index (κ2) is 43.8. The Labute approximate surface area is 290 Å². The lowest BCUT2D eigenvalue weighted by Gasteiger charge is -2.09. The third-order valence-corrected chi connectivity index (χ3v) is 6.43. The fourth-order valence-electron chi connectivity index (χ4n) is 3.88. The zero-order valence-electron chi connectivity index (χ0n) is 30.0. The first-order valence-electron chi connectivity index (χ1n) is 17.9. The Morgan fingerprint density at radius 2 is 0.667 bits per heavy atom. The van der Waals surface area contributed by atoms with Gasteiger partial charge in [-0.05, 0) is 6.42 Å². The van der Waals surface area contributed by atoms with E-state index in [0.29, 0.717) is 152 Å². The maximum atomic E-state index is 11.7. The molecule has 48 heavy (non-hydrogen) atoms. The Balaban J connectivity index is 3.09. The highest BCUT2D eigenvalue weighted by atomic mass is 16.6. The highest BCUT2D eigenvalue weighted by molar-refractivity contribution is 5.69. The van der Waals surface area contributed by atoms with Crippen molar-refractivity contribution in [3.63, 3.8) is 0 Å². The quantitative estimate of drug-likeness (QED) is 0.0518. The van der Waals surface area contributed by atoms with Crippen molar-refractivity contribution in [2.75, 3.05) is 152 Å². The lowest BCUT2D eigenvalue weighted by molar-refractivity contribution is -0.145. The van der Waals surface area contributed by atoms with E-state index in [9.17, 15) is 4.79 Å². The van der Waals surface area contributed by atoms with E-state index in [-0.39, 0.29) is 12.6 Å². The van der Waals surface area contributed by atoms with Crippen LogP contribution in [-0.2, 0) is 61.6 Å². The van der Waals surface area contributed by atoms with Crippen molar-refractivity contribution >= 4 is 5.97 Å². The second-order valence-electron chi connectivity index (χ2n) is 10.6. The molecule has 0 aromatic rings. The minimum absolute atomic E-state index is 0.141. The van der Waals surface area contributed by atoms with E-state index in [1.54, 1.807) is 6.08 Å². The van der Waals surface area contributed by atoms with E-state index < -0.39 is 0 Å². The van der Waals surface area contributed by atoms with Gasteiger partial charge in [0.15, 0.2) is 0 Å². The number of hydrogen-bond donors (Lipinski definition) is 0. The maximum Gasteiger partial charge on any atom is 0.305 e. The molecule has 0 unspecified atom stereocenters. The fraction of sp³-hybridized carbons (Fsp3) is 0.914. The maximum absolute atomic E-state index is 11.7. The molecule has 13 heteroatoms. The van der Waals surface area contributed by atoms with Gasteiger partial charge in [-0.2, -0.15) is 0 Å². The van der Waals surface area contributed by atoms with Crippen LogP contribution in [0.5, 0.6) is 0 Å². The molecule has 0 saturated heterocycles. The summed E-state index contributed by atoms with van der Waals surface area (Å²) in [4.78, 5) is 11.7. The first kappa shape index (κ1) is 46.8. The molecule has 0 radical (unpaired) electrons. The molecule has 0 amide bonds. The molecule has 0 aliphatic carbocycles. The Morgan fingerprint density at radius 3 is 0.979 bits per heavy atom. The summed E-state index contributed by atoms with van der Waals surface area (Å²) in [6.07, 6.45) is 10.5. The van der Waals surface area contributed by atoms with Crippen LogP contribution in [0.4, 0.5) is 0 Å². The molecule has 0 rings (SSSR count). The van der Waals surface area contributed by atoms with Crippen LogP contribution in [-0.4, -0.2) is 158 Å². The summed E-state index contributed by atoms with van der Waals surface area (Å²) in [5, 5.41) is 0. The van der Waals surface area contributed by atoms with Crippen molar-refractivity contribution in [1.29, 1.82) is 0 Å². The number of unbranched alkanes of at least 4 members (excludes halogenated alkanes) is 6. The summed E-state index contributed by atoms with van der Waals surface area (Å²) in [7, 11) is 0.